The smallest absolute Gasteiger partial charge is 0.346 e. The van der Waals surface area contributed by atoms with Crippen molar-refractivity contribution >= 4 is 11.7 Å². The summed E-state index contributed by atoms with van der Waals surface area (Å²) in [5.41, 5.74) is -1.24. The number of aromatic nitrogens is 1. The molecule has 0 aliphatic carbocycles. The minimum absolute atomic E-state index is 0.0167. The highest BCUT2D eigenvalue weighted by molar-refractivity contribution is 5.95. The molecule has 0 spiro atoms. The first-order chi connectivity index (χ1) is 10.0. The van der Waals surface area contributed by atoms with Crippen molar-refractivity contribution in [2.75, 3.05) is 0 Å². The van der Waals surface area contributed by atoms with Crippen molar-refractivity contribution in [3.8, 4) is 17.6 Å². The summed E-state index contributed by atoms with van der Waals surface area (Å²) < 4.78 is 5.31. The normalized spacial score (nSPS) is 9.67. The zero-order valence-electron chi connectivity index (χ0n) is 10.4. The third-order valence-corrected chi connectivity index (χ3v) is 2.51. The molecule has 0 bridgehead atoms. The quantitative estimate of drug-likeness (QED) is 0.674. The molecule has 8 heteroatoms. The lowest BCUT2D eigenvalue weighted by Gasteiger charge is -2.09. The Hall–Kier alpha value is -3.47. The van der Waals surface area contributed by atoms with Gasteiger partial charge >= 0.3 is 5.97 Å². The number of pyridine rings is 1. The van der Waals surface area contributed by atoms with E-state index in [4.69, 9.17) is 15.1 Å². The highest BCUT2D eigenvalue weighted by atomic mass is 16.6. The van der Waals surface area contributed by atoms with Gasteiger partial charge in [0.2, 0.25) is 0 Å². The first kappa shape index (κ1) is 14.0. The van der Waals surface area contributed by atoms with Crippen LogP contribution in [0.4, 0.5) is 5.69 Å². The van der Waals surface area contributed by atoms with Crippen LogP contribution >= 0.6 is 0 Å². The summed E-state index contributed by atoms with van der Waals surface area (Å²) in [6.45, 7) is 0. The first-order valence-electron chi connectivity index (χ1n) is 5.58. The molecule has 0 radical (unpaired) electrons. The molecule has 8 nitrogen and oxygen atoms in total. The number of nitro benzene ring substituents is 1. The van der Waals surface area contributed by atoms with E-state index in [1.54, 1.807) is 6.07 Å². The van der Waals surface area contributed by atoms with Crippen LogP contribution in [-0.4, -0.2) is 21.0 Å². The number of aromatic carboxylic acids is 1. The van der Waals surface area contributed by atoms with Gasteiger partial charge in [0, 0.05) is 12.3 Å². The molecule has 0 saturated heterocycles. The van der Waals surface area contributed by atoms with Gasteiger partial charge in [-0.3, -0.25) is 10.1 Å². The van der Waals surface area contributed by atoms with Crippen molar-refractivity contribution in [2.24, 2.45) is 0 Å². The van der Waals surface area contributed by atoms with E-state index in [9.17, 15) is 14.9 Å². The molecule has 0 unspecified atom stereocenters. The highest BCUT2D eigenvalue weighted by Gasteiger charge is 2.25. The third kappa shape index (κ3) is 2.76. The molecule has 104 valence electrons. The number of ether oxygens (including phenoxy) is 1. The largest absolute Gasteiger partial charge is 0.477 e. The van der Waals surface area contributed by atoms with E-state index in [0.717, 1.165) is 6.07 Å². The van der Waals surface area contributed by atoms with Crippen molar-refractivity contribution in [3.63, 3.8) is 0 Å². The van der Waals surface area contributed by atoms with E-state index >= 15 is 0 Å². The molecular weight excluding hydrogens is 278 g/mol. The number of hydrogen-bond acceptors (Lipinski definition) is 6. The van der Waals surface area contributed by atoms with Gasteiger partial charge in [0.15, 0.2) is 17.0 Å². The van der Waals surface area contributed by atoms with Crippen LogP contribution in [0.25, 0.3) is 0 Å². The fourth-order valence-electron chi connectivity index (χ4n) is 1.65. The molecule has 0 aliphatic rings. The van der Waals surface area contributed by atoms with Crippen LogP contribution < -0.4 is 4.74 Å². The van der Waals surface area contributed by atoms with Gasteiger partial charge < -0.3 is 9.84 Å². The minimum Gasteiger partial charge on any atom is -0.477 e. The average molecular weight is 285 g/mol. The SMILES string of the molecule is N#Cc1ncccc1Oc1cccc([N+](=O)[O-])c1C(=O)O. The monoisotopic (exact) mass is 285 g/mol. The fourth-order valence-corrected chi connectivity index (χ4v) is 1.65. The van der Waals surface area contributed by atoms with Crippen LogP contribution in [0.3, 0.4) is 0 Å². The van der Waals surface area contributed by atoms with Crippen molar-refractivity contribution < 1.29 is 19.6 Å². The lowest BCUT2D eigenvalue weighted by atomic mass is 10.1. The third-order valence-electron chi connectivity index (χ3n) is 2.51. The number of nitrogens with zero attached hydrogens (tertiary/aromatic N) is 3. The number of carboxylic acid groups (broad SMARTS) is 1. The van der Waals surface area contributed by atoms with Gasteiger partial charge in [0.05, 0.1) is 4.92 Å². The van der Waals surface area contributed by atoms with Gasteiger partial charge in [-0.15, -0.1) is 0 Å². The van der Waals surface area contributed by atoms with E-state index in [0.29, 0.717) is 0 Å². The summed E-state index contributed by atoms with van der Waals surface area (Å²) in [6, 6.07) is 8.31. The standard InChI is InChI=1S/C13H7N3O5/c14-7-8-10(5-2-6-15-8)21-11-4-1-3-9(16(19)20)12(11)13(17)18/h1-6H,(H,17,18). The molecule has 0 fully saturated rings. The number of carbonyl (C=O) groups is 1. The summed E-state index contributed by atoms with van der Waals surface area (Å²) in [5, 5.41) is 28.9. The molecule has 0 atom stereocenters. The van der Waals surface area contributed by atoms with Gasteiger partial charge in [-0.2, -0.15) is 5.26 Å². The molecule has 0 saturated carbocycles. The van der Waals surface area contributed by atoms with Gasteiger partial charge in [0.25, 0.3) is 5.69 Å². The Kier molecular flexibility index (Phi) is 3.76. The molecule has 1 aromatic carbocycles. The van der Waals surface area contributed by atoms with Crippen LogP contribution in [0.5, 0.6) is 11.5 Å². The number of hydrogen-bond donors (Lipinski definition) is 1. The Bertz CT molecular complexity index is 767. The summed E-state index contributed by atoms with van der Waals surface area (Å²) >= 11 is 0. The second-order valence-corrected chi connectivity index (χ2v) is 3.78. The molecular formula is C13H7N3O5. The van der Waals surface area contributed by atoms with E-state index in [2.05, 4.69) is 4.98 Å². The number of nitro groups is 1. The Balaban J connectivity index is 2.55. The van der Waals surface area contributed by atoms with E-state index < -0.39 is 22.1 Å². The Morgan fingerprint density at radius 3 is 2.67 bits per heavy atom. The lowest BCUT2D eigenvalue weighted by molar-refractivity contribution is -0.385. The molecule has 21 heavy (non-hydrogen) atoms. The van der Waals surface area contributed by atoms with E-state index in [1.165, 1.54) is 30.5 Å². The van der Waals surface area contributed by atoms with Gasteiger partial charge in [0.1, 0.15) is 11.8 Å². The fraction of sp³-hybridized carbons (Fsp3) is 0. The molecule has 2 aromatic rings. The number of rotatable bonds is 4. The Morgan fingerprint density at radius 1 is 1.33 bits per heavy atom. The Morgan fingerprint density at radius 2 is 2.05 bits per heavy atom. The molecule has 2 rings (SSSR count). The average Bonchev–Trinajstić information content (AvgIpc) is 2.47. The van der Waals surface area contributed by atoms with Crippen LogP contribution in [0.15, 0.2) is 36.5 Å². The van der Waals surface area contributed by atoms with Crippen molar-refractivity contribution in [1.29, 1.82) is 5.26 Å². The molecule has 1 N–H and O–H groups in total. The summed E-state index contributed by atoms with van der Waals surface area (Å²) in [6.07, 6.45) is 1.37. The minimum atomic E-state index is -1.50. The predicted molar refractivity (Wildman–Crippen MR) is 69.1 cm³/mol. The van der Waals surface area contributed by atoms with E-state index in [1.807, 2.05) is 0 Å². The summed E-state index contributed by atoms with van der Waals surface area (Å²) in [5.74, 6) is -1.72. The lowest BCUT2D eigenvalue weighted by Crippen LogP contribution is -2.05. The molecule has 1 aromatic heterocycles. The zero-order valence-corrected chi connectivity index (χ0v) is 10.4. The summed E-state index contributed by atoms with van der Waals surface area (Å²) in [4.78, 5) is 25.0. The highest BCUT2D eigenvalue weighted by Crippen LogP contribution is 2.32. The summed E-state index contributed by atoms with van der Waals surface area (Å²) in [7, 11) is 0. The van der Waals surface area contributed by atoms with Gasteiger partial charge in [-0.05, 0) is 18.2 Å². The number of nitriles is 1. The number of benzene rings is 1. The van der Waals surface area contributed by atoms with Crippen molar-refractivity contribution in [3.05, 3.63) is 57.9 Å². The Labute approximate surface area is 118 Å². The second kappa shape index (κ2) is 5.66. The van der Waals surface area contributed by atoms with Crippen LogP contribution in [-0.2, 0) is 0 Å². The van der Waals surface area contributed by atoms with Crippen LogP contribution in [0, 0.1) is 21.4 Å². The molecule has 0 amide bonds. The van der Waals surface area contributed by atoms with Crippen LogP contribution in [0.1, 0.15) is 16.1 Å². The van der Waals surface area contributed by atoms with Crippen molar-refractivity contribution in [2.45, 2.75) is 0 Å². The second-order valence-electron chi connectivity index (χ2n) is 3.78. The maximum Gasteiger partial charge on any atom is 0.346 e. The van der Waals surface area contributed by atoms with E-state index in [-0.39, 0.29) is 17.2 Å². The van der Waals surface area contributed by atoms with Crippen LogP contribution in [0.2, 0.25) is 0 Å². The molecule has 1 heterocycles. The van der Waals surface area contributed by atoms with Gasteiger partial charge in [-0.1, -0.05) is 6.07 Å². The maximum atomic E-state index is 11.2. The predicted octanol–water partition coefficient (Wildman–Crippen LogP) is 2.35. The topological polar surface area (TPSA) is 126 Å². The van der Waals surface area contributed by atoms with Crippen molar-refractivity contribution in [1.82, 2.24) is 4.98 Å². The molecule has 0 aliphatic heterocycles. The van der Waals surface area contributed by atoms with Gasteiger partial charge in [-0.25, -0.2) is 9.78 Å². The number of carboxylic acids is 1. The first-order valence-corrected chi connectivity index (χ1v) is 5.58. The maximum absolute atomic E-state index is 11.2. The zero-order chi connectivity index (χ0) is 15.4.